The van der Waals surface area contributed by atoms with E-state index in [4.69, 9.17) is 4.74 Å². The maximum Gasteiger partial charge on any atom is 0.573 e. The van der Waals surface area contributed by atoms with E-state index in [0.717, 1.165) is 12.1 Å². The molecule has 1 aliphatic heterocycles. The second-order valence-corrected chi connectivity index (χ2v) is 5.66. The third-order valence-electron chi connectivity index (χ3n) is 3.71. The Labute approximate surface area is 146 Å². The van der Waals surface area contributed by atoms with Crippen LogP contribution in [0.2, 0.25) is 0 Å². The van der Waals surface area contributed by atoms with Crippen molar-refractivity contribution in [1.82, 2.24) is 5.32 Å². The lowest BCUT2D eigenvalue weighted by Crippen LogP contribution is -2.47. The van der Waals surface area contributed by atoms with Crippen molar-refractivity contribution >= 4 is 11.7 Å². The smallest absolute Gasteiger partial charge is 0.490 e. The predicted molar refractivity (Wildman–Crippen MR) is 85.0 cm³/mol. The van der Waals surface area contributed by atoms with Crippen LogP contribution in [0.1, 0.15) is 15.9 Å². The van der Waals surface area contributed by atoms with Gasteiger partial charge in [0.1, 0.15) is 24.1 Å². The van der Waals surface area contributed by atoms with E-state index in [0.29, 0.717) is 16.9 Å². The molecule has 1 atom stereocenters. The Hall–Kier alpha value is -3.03. The second kappa shape index (κ2) is 7.07. The summed E-state index contributed by atoms with van der Waals surface area (Å²) in [4.78, 5) is 24.5. The van der Waals surface area contributed by atoms with Gasteiger partial charge < -0.3 is 14.8 Å². The molecule has 0 fully saturated rings. The maximum absolute atomic E-state index is 12.4. The van der Waals surface area contributed by atoms with Crippen LogP contribution in [0, 0.1) is 0 Å². The van der Waals surface area contributed by atoms with Crippen molar-refractivity contribution in [2.45, 2.75) is 18.8 Å². The minimum absolute atomic E-state index is 0.00118. The molecule has 1 amide bonds. The number of halogens is 3. The number of ketones is 1. The van der Waals surface area contributed by atoms with E-state index in [1.54, 1.807) is 24.3 Å². The standard InChI is InChI=1S/C18H14F3NO4/c19-18(20,21)26-12-5-3-4-11(8-12)9-16(23)22-14-10-25-15-7-2-1-6-13(15)17(14)24/h1-8,14H,9-10H2,(H,22,23). The van der Waals surface area contributed by atoms with Crippen molar-refractivity contribution in [2.75, 3.05) is 6.61 Å². The number of amides is 1. The lowest BCUT2D eigenvalue weighted by atomic mass is 10.0. The molecule has 0 bridgehead atoms. The van der Waals surface area contributed by atoms with Crippen molar-refractivity contribution < 1.29 is 32.2 Å². The van der Waals surface area contributed by atoms with Crippen molar-refractivity contribution in [3.8, 4) is 11.5 Å². The summed E-state index contributed by atoms with van der Waals surface area (Å²) in [6.07, 6.45) is -5.00. The second-order valence-electron chi connectivity index (χ2n) is 5.66. The number of alkyl halides is 3. The van der Waals surface area contributed by atoms with Crippen LogP contribution < -0.4 is 14.8 Å². The molecule has 0 saturated carbocycles. The molecule has 0 aromatic heterocycles. The van der Waals surface area contributed by atoms with Crippen LogP contribution in [0.4, 0.5) is 13.2 Å². The molecular formula is C18H14F3NO4. The summed E-state index contributed by atoms with van der Waals surface area (Å²) < 4.78 is 46.0. The number of hydrogen-bond acceptors (Lipinski definition) is 4. The molecule has 8 heteroatoms. The lowest BCUT2D eigenvalue weighted by molar-refractivity contribution is -0.274. The van der Waals surface area contributed by atoms with Crippen molar-refractivity contribution in [1.29, 1.82) is 0 Å². The van der Waals surface area contributed by atoms with E-state index in [1.165, 1.54) is 12.1 Å². The van der Waals surface area contributed by atoms with Crippen LogP contribution >= 0.6 is 0 Å². The van der Waals surface area contributed by atoms with Gasteiger partial charge in [0.15, 0.2) is 5.78 Å². The summed E-state index contributed by atoms with van der Waals surface area (Å²) in [6.45, 7) is -0.00118. The number of fused-ring (bicyclic) bond motifs is 1. The number of carbonyl (C=O) groups is 2. The van der Waals surface area contributed by atoms with Gasteiger partial charge in [-0.2, -0.15) is 0 Å². The molecule has 2 aromatic rings. The number of Topliss-reactive ketones (excluding diaryl/α,β-unsaturated/α-hetero) is 1. The Morgan fingerprint density at radius 3 is 2.73 bits per heavy atom. The van der Waals surface area contributed by atoms with E-state index >= 15 is 0 Å². The number of benzene rings is 2. The minimum atomic E-state index is -4.81. The first-order chi connectivity index (χ1) is 12.3. The largest absolute Gasteiger partial charge is 0.573 e. The number of ether oxygens (including phenoxy) is 2. The molecule has 26 heavy (non-hydrogen) atoms. The summed E-state index contributed by atoms with van der Waals surface area (Å²) in [6, 6.07) is 11.0. The predicted octanol–water partition coefficient (Wildman–Crippen LogP) is 2.89. The van der Waals surface area contributed by atoms with Gasteiger partial charge in [0.2, 0.25) is 5.91 Å². The van der Waals surface area contributed by atoms with Gasteiger partial charge in [-0.25, -0.2) is 0 Å². The summed E-state index contributed by atoms with van der Waals surface area (Å²) in [5.74, 6) is -0.723. The normalized spacial score (nSPS) is 16.4. The molecule has 2 aromatic carbocycles. The Kier molecular flexibility index (Phi) is 4.83. The number of hydrogen-bond donors (Lipinski definition) is 1. The van der Waals surface area contributed by atoms with Gasteiger partial charge in [-0.1, -0.05) is 24.3 Å². The van der Waals surface area contributed by atoms with Gasteiger partial charge in [0, 0.05) is 0 Å². The highest BCUT2D eigenvalue weighted by molar-refractivity contribution is 6.05. The molecule has 1 N–H and O–H groups in total. The number of rotatable bonds is 4. The zero-order chi connectivity index (χ0) is 18.7. The third-order valence-corrected chi connectivity index (χ3v) is 3.71. The van der Waals surface area contributed by atoms with Crippen molar-refractivity contribution in [3.05, 3.63) is 59.7 Å². The molecule has 0 radical (unpaired) electrons. The highest BCUT2D eigenvalue weighted by Crippen LogP contribution is 2.25. The van der Waals surface area contributed by atoms with Gasteiger partial charge in [-0.15, -0.1) is 13.2 Å². The SMILES string of the molecule is O=C(Cc1cccc(OC(F)(F)F)c1)NC1COc2ccccc2C1=O. The first-order valence-electron chi connectivity index (χ1n) is 7.72. The molecule has 1 aliphatic rings. The van der Waals surface area contributed by atoms with E-state index < -0.39 is 24.1 Å². The quantitative estimate of drug-likeness (QED) is 0.905. The Balaban J connectivity index is 1.63. The molecular weight excluding hydrogens is 351 g/mol. The topological polar surface area (TPSA) is 64.6 Å². The average Bonchev–Trinajstić information content (AvgIpc) is 2.56. The van der Waals surface area contributed by atoms with Gasteiger partial charge in [0.05, 0.1) is 12.0 Å². The van der Waals surface area contributed by atoms with Crippen LogP contribution in [0.3, 0.4) is 0 Å². The molecule has 5 nitrogen and oxygen atoms in total. The van der Waals surface area contributed by atoms with Crippen LogP contribution in [0.5, 0.6) is 11.5 Å². The monoisotopic (exact) mass is 365 g/mol. The Morgan fingerprint density at radius 2 is 1.96 bits per heavy atom. The fourth-order valence-corrected chi connectivity index (χ4v) is 2.62. The fourth-order valence-electron chi connectivity index (χ4n) is 2.62. The van der Waals surface area contributed by atoms with Crippen LogP contribution in [-0.2, 0) is 11.2 Å². The van der Waals surface area contributed by atoms with Crippen molar-refractivity contribution in [3.63, 3.8) is 0 Å². The van der Waals surface area contributed by atoms with Crippen LogP contribution in [0.15, 0.2) is 48.5 Å². The first kappa shape index (κ1) is 17.8. The van der Waals surface area contributed by atoms with Crippen molar-refractivity contribution in [2.24, 2.45) is 0 Å². The van der Waals surface area contributed by atoms with Gasteiger partial charge in [-0.3, -0.25) is 9.59 Å². The molecule has 0 spiro atoms. The Morgan fingerprint density at radius 1 is 1.19 bits per heavy atom. The maximum atomic E-state index is 12.4. The van der Waals surface area contributed by atoms with E-state index in [-0.39, 0.29) is 18.8 Å². The van der Waals surface area contributed by atoms with Gasteiger partial charge in [0.25, 0.3) is 0 Å². The third kappa shape index (κ3) is 4.33. The zero-order valence-electron chi connectivity index (χ0n) is 13.4. The summed E-state index contributed by atoms with van der Waals surface area (Å²) in [7, 11) is 0. The summed E-state index contributed by atoms with van der Waals surface area (Å²) in [5.41, 5.74) is 0.707. The minimum Gasteiger partial charge on any atom is -0.490 e. The van der Waals surface area contributed by atoms with Crippen LogP contribution in [0.25, 0.3) is 0 Å². The zero-order valence-corrected chi connectivity index (χ0v) is 13.4. The molecule has 1 unspecified atom stereocenters. The van der Waals surface area contributed by atoms with E-state index in [1.807, 2.05) is 0 Å². The highest BCUT2D eigenvalue weighted by atomic mass is 19.4. The van der Waals surface area contributed by atoms with E-state index in [2.05, 4.69) is 10.1 Å². The number of carbonyl (C=O) groups excluding carboxylic acids is 2. The van der Waals surface area contributed by atoms with Gasteiger partial charge >= 0.3 is 6.36 Å². The molecule has 1 heterocycles. The first-order valence-corrected chi connectivity index (χ1v) is 7.72. The number of para-hydroxylation sites is 1. The number of nitrogens with one attached hydrogen (secondary N) is 1. The molecule has 136 valence electrons. The average molecular weight is 365 g/mol. The van der Waals surface area contributed by atoms with Crippen LogP contribution in [-0.4, -0.2) is 30.7 Å². The Bertz CT molecular complexity index is 835. The molecule has 3 rings (SSSR count). The summed E-state index contributed by atoms with van der Waals surface area (Å²) >= 11 is 0. The summed E-state index contributed by atoms with van der Waals surface area (Å²) in [5, 5.41) is 2.55. The van der Waals surface area contributed by atoms with Gasteiger partial charge in [-0.05, 0) is 29.8 Å². The lowest BCUT2D eigenvalue weighted by Gasteiger charge is -2.24. The fraction of sp³-hybridized carbons (Fsp3) is 0.222. The van der Waals surface area contributed by atoms with E-state index in [9.17, 15) is 22.8 Å². The molecule has 0 aliphatic carbocycles. The molecule has 0 saturated heterocycles. The highest BCUT2D eigenvalue weighted by Gasteiger charge is 2.31.